The molecule has 7 nitrogen and oxygen atoms in total. The highest BCUT2D eigenvalue weighted by Crippen LogP contribution is 2.28. The molecule has 29 heavy (non-hydrogen) atoms. The van der Waals surface area contributed by atoms with Crippen LogP contribution >= 0.6 is 0 Å². The number of carbonyl (C=O) groups is 2. The third-order valence-corrected chi connectivity index (χ3v) is 6.34. The lowest BCUT2D eigenvalue weighted by atomic mass is 9.86. The Labute approximate surface area is 173 Å². The molecule has 2 aliphatic rings. The van der Waals surface area contributed by atoms with Gasteiger partial charge in [0.25, 0.3) is 0 Å². The zero-order chi connectivity index (χ0) is 21.0. The average molecular weight is 403 g/mol. The number of benzene rings is 1. The molecule has 2 heterocycles. The molecule has 7 heteroatoms. The van der Waals surface area contributed by atoms with E-state index in [0.29, 0.717) is 25.6 Å². The number of piperidine rings is 1. The van der Waals surface area contributed by atoms with Crippen LogP contribution in [-0.4, -0.2) is 84.2 Å². The molecule has 0 bridgehead atoms. The monoisotopic (exact) mass is 402 g/mol. The Bertz CT molecular complexity index is 731. The van der Waals surface area contributed by atoms with Crippen LogP contribution in [0, 0.1) is 19.8 Å². The van der Waals surface area contributed by atoms with Gasteiger partial charge >= 0.3 is 12.0 Å². The molecule has 0 spiro atoms. The average Bonchev–Trinajstić information content (AvgIpc) is 2.69. The second kappa shape index (κ2) is 9.59. The fourth-order valence-electron chi connectivity index (χ4n) is 4.58. The van der Waals surface area contributed by atoms with Crippen molar-refractivity contribution in [1.82, 2.24) is 14.7 Å². The molecule has 0 radical (unpaired) electrons. The molecule has 0 unspecified atom stereocenters. The molecule has 3 rings (SSSR count). The number of anilines is 1. The van der Waals surface area contributed by atoms with E-state index in [2.05, 4.69) is 28.2 Å². The highest BCUT2D eigenvalue weighted by molar-refractivity contribution is 5.90. The molecule has 2 fully saturated rings. The minimum atomic E-state index is -0.765. The predicted molar refractivity (Wildman–Crippen MR) is 114 cm³/mol. The molecule has 2 N–H and O–H groups in total. The van der Waals surface area contributed by atoms with Crippen molar-refractivity contribution in [3.05, 3.63) is 29.3 Å². The van der Waals surface area contributed by atoms with Gasteiger partial charge in [-0.25, -0.2) is 4.79 Å². The second-order valence-electron chi connectivity index (χ2n) is 8.58. The van der Waals surface area contributed by atoms with E-state index < -0.39 is 5.97 Å². The van der Waals surface area contributed by atoms with Crippen molar-refractivity contribution in [2.24, 2.45) is 5.92 Å². The van der Waals surface area contributed by atoms with E-state index in [9.17, 15) is 14.7 Å². The number of likely N-dealkylation sites (tertiary alicyclic amines) is 1. The van der Waals surface area contributed by atoms with Crippen LogP contribution in [0.3, 0.4) is 0 Å². The van der Waals surface area contributed by atoms with Crippen LogP contribution in [0.25, 0.3) is 0 Å². The number of carbonyl (C=O) groups excluding carboxylic acids is 1. The zero-order valence-corrected chi connectivity index (χ0v) is 17.9. The van der Waals surface area contributed by atoms with Gasteiger partial charge in [-0.3, -0.25) is 9.69 Å². The quantitative estimate of drug-likeness (QED) is 0.792. The number of aliphatic carboxylic acids is 1. The number of nitrogens with zero attached hydrogens (tertiary/aromatic N) is 3. The van der Waals surface area contributed by atoms with Crippen molar-refractivity contribution >= 4 is 17.7 Å². The van der Waals surface area contributed by atoms with Gasteiger partial charge in [0.2, 0.25) is 0 Å². The molecule has 160 valence electrons. The topological polar surface area (TPSA) is 76.1 Å². The van der Waals surface area contributed by atoms with Gasteiger partial charge in [0, 0.05) is 57.4 Å². The minimum Gasteiger partial charge on any atom is -0.481 e. The normalized spacial score (nSPS) is 23.8. The van der Waals surface area contributed by atoms with Gasteiger partial charge in [-0.15, -0.1) is 0 Å². The van der Waals surface area contributed by atoms with Crippen molar-refractivity contribution < 1.29 is 14.7 Å². The Morgan fingerprint density at radius 2 is 1.86 bits per heavy atom. The maximum Gasteiger partial charge on any atom is 0.321 e. The molecule has 2 amide bonds. The van der Waals surface area contributed by atoms with Gasteiger partial charge in [-0.05, 0) is 51.3 Å². The summed E-state index contributed by atoms with van der Waals surface area (Å²) in [6.07, 6.45) is 1.66. The number of hydrogen-bond acceptors (Lipinski definition) is 4. The van der Waals surface area contributed by atoms with Crippen molar-refractivity contribution in [2.75, 3.05) is 51.6 Å². The second-order valence-corrected chi connectivity index (χ2v) is 8.58. The molecular formula is C22H34N4O3. The summed E-state index contributed by atoms with van der Waals surface area (Å²) in [6.45, 7) is 9.46. The molecule has 2 saturated heterocycles. The third-order valence-electron chi connectivity index (χ3n) is 6.34. The standard InChI is InChI=1S/C22H34N4O3/c1-16-4-6-19(17(2)14-16)23-22(29)26-9-8-20(18(15-26)5-7-21(27)28)25-12-10-24(3)11-13-25/h4,6,14,18,20H,5,7-13,15H2,1-3H3,(H,23,29)(H,27,28)/t18-,20+/m1/s1. The first-order chi connectivity index (χ1) is 13.8. The fourth-order valence-corrected chi connectivity index (χ4v) is 4.58. The Morgan fingerprint density at radius 1 is 1.14 bits per heavy atom. The summed E-state index contributed by atoms with van der Waals surface area (Å²) in [4.78, 5) is 30.8. The van der Waals surface area contributed by atoms with Gasteiger partial charge < -0.3 is 20.2 Å². The molecular weight excluding hydrogens is 368 g/mol. The largest absolute Gasteiger partial charge is 0.481 e. The van der Waals surface area contributed by atoms with Crippen LogP contribution in [0.15, 0.2) is 18.2 Å². The number of aryl methyl sites for hydroxylation is 2. The Kier molecular flexibility index (Phi) is 7.14. The Morgan fingerprint density at radius 3 is 2.52 bits per heavy atom. The lowest BCUT2D eigenvalue weighted by molar-refractivity contribution is -0.137. The smallest absolute Gasteiger partial charge is 0.321 e. The van der Waals surface area contributed by atoms with Crippen LogP contribution in [0.1, 0.15) is 30.4 Å². The number of carboxylic acid groups (broad SMARTS) is 1. The van der Waals surface area contributed by atoms with E-state index in [1.165, 1.54) is 5.56 Å². The maximum absolute atomic E-state index is 12.9. The summed E-state index contributed by atoms with van der Waals surface area (Å²) in [5.74, 6) is -0.577. The van der Waals surface area contributed by atoms with Crippen molar-refractivity contribution in [3.63, 3.8) is 0 Å². The number of amides is 2. The zero-order valence-electron chi connectivity index (χ0n) is 17.9. The van der Waals surface area contributed by atoms with E-state index in [4.69, 9.17) is 0 Å². The van der Waals surface area contributed by atoms with E-state index in [1.807, 2.05) is 30.9 Å². The number of piperazine rings is 1. The first kappa shape index (κ1) is 21.6. The minimum absolute atomic E-state index is 0.0888. The fraction of sp³-hybridized carbons (Fsp3) is 0.636. The molecule has 0 saturated carbocycles. The van der Waals surface area contributed by atoms with Crippen molar-refractivity contribution in [3.8, 4) is 0 Å². The van der Waals surface area contributed by atoms with Gasteiger partial charge in [0.05, 0.1) is 0 Å². The maximum atomic E-state index is 12.9. The number of rotatable bonds is 5. The summed E-state index contributed by atoms with van der Waals surface area (Å²) in [5, 5.41) is 12.2. The highest BCUT2D eigenvalue weighted by atomic mass is 16.4. The summed E-state index contributed by atoms with van der Waals surface area (Å²) in [5.41, 5.74) is 3.05. The van der Waals surface area contributed by atoms with Crippen molar-refractivity contribution in [1.29, 1.82) is 0 Å². The summed E-state index contributed by atoms with van der Waals surface area (Å²) < 4.78 is 0. The lowest BCUT2D eigenvalue weighted by Gasteiger charge is -2.46. The summed E-state index contributed by atoms with van der Waals surface area (Å²) in [7, 11) is 2.14. The van der Waals surface area contributed by atoms with E-state index >= 15 is 0 Å². The highest BCUT2D eigenvalue weighted by Gasteiger charge is 2.36. The van der Waals surface area contributed by atoms with Crippen LogP contribution in [0.5, 0.6) is 0 Å². The van der Waals surface area contributed by atoms with Gasteiger partial charge in [0.15, 0.2) is 0 Å². The number of nitrogens with one attached hydrogen (secondary N) is 1. The SMILES string of the molecule is Cc1ccc(NC(=O)N2CC[C@H](N3CCN(C)CC3)[C@H](CCC(=O)O)C2)c(C)c1. The molecule has 0 aliphatic carbocycles. The predicted octanol–water partition coefficient (Wildman–Crippen LogP) is 2.64. The first-order valence-electron chi connectivity index (χ1n) is 10.6. The summed E-state index contributed by atoms with van der Waals surface area (Å²) in [6, 6.07) is 6.27. The van der Waals surface area contributed by atoms with Gasteiger partial charge in [-0.2, -0.15) is 0 Å². The van der Waals surface area contributed by atoms with Crippen molar-refractivity contribution in [2.45, 2.75) is 39.2 Å². The molecule has 2 atom stereocenters. The molecule has 0 aromatic heterocycles. The van der Waals surface area contributed by atoms with Crippen LogP contribution in [-0.2, 0) is 4.79 Å². The molecule has 2 aliphatic heterocycles. The van der Waals surface area contributed by atoms with E-state index in [-0.39, 0.29) is 18.4 Å². The molecule has 1 aromatic rings. The molecule has 1 aromatic carbocycles. The Balaban J connectivity index is 1.65. The number of likely N-dealkylation sites (N-methyl/N-ethyl adjacent to an activating group) is 1. The van der Waals surface area contributed by atoms with Crippen LogP contribution in [0.2, 0.25) is 0 Å². The number of hydrogen-bond donors (Lipinski definition) is 2. The van der Waals surface area contributed by atoms with E-state index in [0.717, 1.165) is 43.9 Å². The lowest BCUT2D eigenvalue weighted by Crippen LogP contribution is -2.57. The third kappa shape index (κ3) is 5.70. The first-order valence-corrected chi connectivity index (χ1v) is 10.6. The van der Waals surface area contributed by atoms with Crippen LogP contribution in [0.4, 0.5) is 10.5 Å². The number of carboxylic acids is 1. The van der Waals surface area contributed by atoms with E-state index in [1.54, 1.807) is 0 Å². The van der Waals surface area contributed by atoms with Crippen LogP contribution < -0.4 is 5.32 Å². The Hall–Kier alpha value is -2.12. The summed E-state index contributed by atoms with van der Waals surface area (Å²) >= 11 is 0. The van der Waals surface area contributed by atoms with Gasteiger partial charge in [-0.1, -0.05) is 17.7 Å². The van der Waals surface area contributed by atoms with Gasteiger partial charge in [0.1, 0.15) is 0 Å². The number of urea groups is 1.